The van der Waals surface area contributed by atoms with Crippen LogP contribution in [0, 0.1) is 0 Å². The fourth-order valence-electron chi connectivity index (χ4n) is 3.50. The zero-order valence-corrected chi connectivity index (χ0v) is 17.2. The van der Waals surface area contributed by atoms with Crippen molar-refractivity contribution in [2.24, 2.45) is 0 Å². The summed E-state index contributed by atoms with van der Waals surface area (Å²) >= 11 is 3.28. The third-order valence-corrected chi connectivity index (χ3v) is 5.76. The maximum Gasteiger partial charge on any atom is 0.410 e. The van der Waals surface area contributed by atoms with Crippen LogP contribution in [-0.2, 0) is 6.54 Å². The van der Waals surface area contributed by atoms with Crippen LogP contribution in [0.2, 0.25) is 0 Å². The summed E-state index contributed by atoms with van der Waals surface area (Å²) in [5.41, 5.74) is 1.53. The summed E-state index contributed by atoms with van der Waals surface area (Å²) in [6, 6.07) is 15.8. The smallest absolute Gasteiger partial charge is 0.362 e. The summed E-state index contributed by atoms with van der Waals surface area (Å²) in [6.07, 6.45) is -4.73. The zero-order chi connectivity index (χ0) is 21.3. The van der Waals surface area contributed by atoms with Gasteiger partial charge in [-0.05, 0) is 27.1 Å². The Kier molecular flexibility index (Phi) is 5.55. The number of amides is 1. The molecule has 1 aliphatic heterocycles. The molecule has 1 aromatic heterocycles. The Hall–Kier alpha value is -2.81. The van der Waals surface area contributed by atoms with Gasteiger partial charge in [-0.1, -0.05) is 60.7 Å². The predicted octanol–water partition coefficient (Wildman–Crippen LogP) is 5.24. The third-order valence-electron chi connectivity index (χ3n) is 5.01. The van der Waals surface area contributed by atoms with E-state index >= 15 is 0 Å². The van der Waals surface area contributed by atoms with Crippen LogP contribution < -0.4 is 10.6 Å². The van der Waals surface area contributed by atoms with Crippen LogP contribution in [0.3, 0.4) is 0 Å². The molecule has 156 valence electrons. The SMILES string of the molecule is O=C(NCc1ccccc1)c1nn2c(c1Br)N[C@@H](c1ccccc1)C[C@H]2C(F)(F)F. The van der Waals surface area contributed by atoms with Gasteiger partial charge < -0.3 is 10.6 Å². The summed E-state index contributed by atoms with van der Waals surface area (Å²) in [6.45, 7) is 0.247. The van der Waals surface area contributed by atoms with Crippen molar-refractivity contribution in [3.8, 4) is 0 Å². The predicted molar refractivity (Wildman–Crippen MR) is 110 cm³/mol. The number of anilines is 1. The van der Waals surface area contributed by atoms with E-state index in [9.17, 15) is 18.0 Å². The van der Waals surface area contributed by atoms with Crippen molar-refractivity contribution in [1.29, 1.82) is 0 Å². The van der Waals surface area contributed by atoms with E-state index in [1.807, 2.05) is 36.4 Å². The molecule has 0 unspecified atom stereocenters. The fraction of sp³-hybridized carbons (Fsp3) is 0.238. The number of nitrogens with one attached hydrogen (secondary N) is 2. The number of alkyl halides is 3. The number of fused-ring (bicyclic) bond motifs is 1. The number of carbonyl (C=O) groups excluding carboxylic acids is 1. The van der Waals surface area contributed by atoms with Gasteiger partial charge in [0.2, 0.25) is 0 Å². The minimum Gasteiger partial charge on any atom is -0.362 e. The molecule has 5 nitrogen and oxygen atoms in total. The molecular formula is C21H18BrF3N4O. The topological polar surface area (TPSA) is 59.0 Å². The highest BCUT2D eigenvalue weighted by molar-refractivity contribution is 9.10. The lowest BCUT2D eigenvalue weighted by Crippen LogP contribution is -2.35. The van der Waals surface area contributed by atoms with Crippen molar-refractivity contribution in [3.63, 3.8) is 0 Å². The number of benzene rings is 2. The van der Waals surface area contributed by atoms with Crippen LogP contribution in [0.1, 0.15) is 40.1 Å². The molecule has 1 amide bonds. The monoisotopic (exact) mass is 478 g/mol. The Morgan fingerprint density at radius 3 is 2.40 bits per heavy atom. The average Bonchev–Trinajstić information content (AvgIpc) is 3.08. The normalized spacial score (nSPS) is 18.4. The van der Waals surface area contributed by atoms with E-state index in [0.717, 1.165) is 15.8 Å². The quantitative estimate of drug-likeness (QED) is 0.539. The summed E-state index contributed by atoms with van der Waals surface area (Å²) in [5.74, 6) is -0.408. The van der Waals surface area contributed by atoms with Gasteiger partial charge in [0.05, 0.1) is 10.5 Å². The second-order valence-electron chi connectivity index (χ2n) is 7.02. The van der Waals surface area contributed by atoms with Crippen LogP contribution in [-0.4, -0.2) is 21.9 Å². The standard InChI is InChI=1S/C21H18BrF3N4O/c22-17-18(20(30)26-12-13-7-3-1-4-8-13)28-29-16(21(23,24)25)11-15(27-19(17)29)14-9-5-2-6-10-14/h1-10,15-16,27H,11-12H2,(H,26,30)/t15-,16+/m1/s1. The van der Waals surface area contributed by atoms with Crippen molar-refractivity contribution < 1.29 is 18.0 Å². The Balaban J connectivity index is 1.64. The fourth-order valence-corrected chi connectivity index (χ4v) is 4.06. The number of rotatable bonds is 4. The lowest BCUT2D eigenvalue weighted by molar-refractivity contribution is -0.173. The van der Waals surface area contributed by atoms with E-state index < -0.39 is 24.2 Å². The molecule has 0 spiro atoms. The van der Waals surface area contributed by atoms with Crippen molar-refractivity contribution in [2.45, 2.75) is 31.2 Å². The molecule has 0 aliphatic carbocycles. The van der Waals surface area contributed by atoms with E-state index in [0.29, 0.717) is 0 Å². The van der Waals surface area contributed by atoms with Crippen molar-refractivity contribution >= 4 is 27.7 Å². The van der Waals surface area contributed by atoms with Crippen LogP contribution in [0.4, 0.5) is 19.0 Å². The second kappa shape index (κ2) is 8.14. The molecular weight excluding hydrogens is 461 g/mol. The molecule has 2 atom stereocenters. The molecule has 2 heterocycles. The molecule has 0 saturated heterocycles. The third kappa shape index (κ3) is 4.07. The highest BCUT2D eigenvalue weighted by Crippen LogP contribution is 2.46. The van der Waals surface area contributed by atoms with Gasteiger partial charge in [0.15, 0.2) is 11.7 Å². The highest BCUT2D eigenvalue weighted by atomic mass is 79.9. The Labute approximate surface area is 179 Å². The van der Waals surface area contributed by atoms with Gasteiger partial charge in [0.1, 0.15) is 5.82 Å². The first-order valence-corrected chi connectivity index (χ1v) is 10.1. The molecule has 0 radical (unpaired) electrons. The Bertz CT molecular complexity index is 1040. The molecule has 0 fully saturated rings. The van der Waals surface area contributed by atoms with Crippen molar-refractivity contribution in [1.82, 2.24) is 15.1 Å². The lowest BCUT2D eigenvalue weighted by Gasteiger charge is -2.33. The molecule has 2 aromatic carbocycles. The van der Waals surface area contributed by atoms with Gasteiger partial charge in [0, 0.05) is 13.0 Å². The maximum absolute atomic E-state index is 13.8. The van der Waals surface area contributed by atoms with Gasteiger partial charge in [-0.25, -0.2) is 4.68 Å². The minimum atomic E-state index is -4.51. The van der Waals surface area contributed by atoms with Gasteiger partial charge in [0.25, 0.3) is 5.91 Å². The number of hydrogen-bond donors (Lipinski definition) is 2. The maximum atomic E-state index is 13.8. The summed E-state index contributed by atoms with van der Waals surface area (Å²) in [4.78, 5) is 12.6. The molecule has 3 aromatic rings. The first-order chi connectivity index (χ1) is 14.3. The van der Waals surface area contributed by atoms with Gasteiger partial charge in [-0.15, -0.1) is 0 Å². The van der Waals surface area contributed by atoms with E-state index in [1.165, 1.54) is 0 Å². The number of carbonyl (C=O) groups is 1. The number of halogens is 4. The molecule has 4 rings (SSSR count). The number of aromatic nitrogens is 2. The summed E-state index contributed by atoms with van der Waals surface area (Å²) in [7, 11) is 0. The number of hydrogen-bond acceptors (Lipinski definition) is 3. The lowest BCUT2D eigenvalue weighted by atomic mass is 9.97. The molecule has 0 saturated carbocycles. The Morgan fingerprint density at radius 1 is 1.13 bits per heavy atom. The van der Waals surface area contributed by atoms with Gasteiger partial charge >= 0.3 is 6.18 Å². The highest BCUT2D eigenvalue weighted by Gasteiger charge is 2.47. The molecule has 30 heavy (non-hydrogen) atoms. The summed E-state index contributed by atoms with van der Waals surface area (Å²) < 4.78 is 42.5. The van der Waals surface area contributed by atoms with Crippen LogP contribution >= 0.6 is 15.9 Å². The number of nitrogens with zero attached hydrogens (tertiary/aromatic N) is 2. The van der Waals surface area contributed by atoms with E-state index in [4.69, 9.17) is 0 Å². The minimum absolute atomic E-state index is 0.0867. The zero-order valence-electron chi connectivity index (χ0n) is 15.7. The first kappa shape index (κ1) is 20.5. The molecule has 0 bridgehead atoms. The molecule has 2 N–H and O–H groups in total. The molecule has 1 aliphatic rings. The van der Waals surface area contributed by atoms with Crippen LogP contribution in [0.15, 0.2) is 65.1 Å². The van der Waals surface area contributed by atoms with Crippen LogP contribution in [0.5, 0.6) is 0 Å². The molecule has 9 heteroatoms. The van der Waals surface area contributed by atoms with Gasteiger partial charge in [-0.3, -0.25) is 4.79 Å². The summed E-state index contributed by atoms with van der Waals surface area (Å²) in [5, 5.41) is 9.83. The first-order valence-electron chi connectivity index (χ1n) is 9.33. The average molecular weight is 479 g/mol. The van der Waals surface area contributed by atoms with E-state index in [-0.39, 0.29) is 29.0 Å². The van der Waals surface area contributed by atoms with Gasteiger partial charge in [-0.2, -0.15) is 18.3 Å². The van der Waals surface area contributed by atoms with Crippen LogP contribution in [0.25, 0.3) is 0 Å². The van der Waals surface area contributed by atoms with E-state index in [1.54, 1.807) is 24.3 Å². The van der Waals surface area contributed by atoms with Crippen molar-refractivity contribution in [3.05, 3.63) is 82.0 Å². The van der Waals surface area contributed by atoms with E-state index in [2.05, 4.69) is 31.7 Å². The second-order valence-corrected chi connectivity index (χ2v) is 7.82. The Morgan fingerprint density at radius 2 is 1.77 bits per heavy atom. The largest absolute Gasteiger partial charge is 0.410 e. The van der Waals surface area contributed by atoms with Crippen molar-refractivity contribution in [2.75, 3.05) is 5.32 Å².